The smallest absolute Gasteiger partial charge is 0.282 e. The topological polar surface area (TPSA) is 67.9 Å². The summed E-state index contributed by atoms with van der Waals surface area (Å²) in [5, 5.41) is 3.42. The highest BCUT2D eigenvalue weighted by Gasteiger charge is 2.40. The van der Waals surface area contributed by atoms with Gasteiger partial charge in [-0.1, -0.05) is 29.8 Å². The summed E-state index contributed by atoms with van der Waals surface area (Å²) in [6.45, 7) is 0. The molecule has 0 fully saturated rings. The zero-order valence-corrected chi connectivity index (χ0v) is 17.9. The third kappa shape index (κ3) is 3.90. The van der Waals surface area contributed by atoms with E-state index in [4.69, 9.17) is 21.1 Å². The van der Waals surface area contributed by atoms with Crippen molar-refractivity contribution in [3.05, 3.63) is 88.8 Å². The largest absolute Gasteiger partial charge is 0.497 e. The summed E-state index contributed by atoms with van der Waals surface area (Å²) in [5.41, 5.74) is 1.25. The number of nitrogens with zero attached hydrogens (tertiary/aromatic N) is 1. The van der Waals surface area contributed by atoms with Crippen LogP contribution in [0.4, 0.5) is 15.8 Å². The number of ether oxygens (including phenoxy) is 2. The summed E-state index contributed by atoms with van der Waals surface area (Å²) in [7, 11) is 2.97. The highest BCUT2D eigenvalue weighted by Crippen LogP contribution is 2.37. The van der Waals surface area contributed by atoms with Gasteiger partial charge in [0.05, 0.1) is 31.2 Å². The average molecular weight is 453 g/mol. The van der Waals surface area contributed by atoms with Gasteiger partial charge in [0.2, 0.25) is 0 Å². The number of anilines is 2. The van der Waals surface area contributed by atoms with Gasteiger partial charge in [0.1, 0.15) is 23.0 Å². The molecule has 162 valence electrons. The van der Waals surface area contributed by atoms with Crippen molar-refractivity contribution in [3.63, 3.8) is 0 Å². The first-order valence-electron chi connectivity index (χ1n) is 9.56. The lowest BCUT2D eigenvalue weighted by Crippen LogP contribution is -2.32. The number of carbonyl (C=O) groups is 2. The Hall–Kier alpha value is -3.84. The van der Waals surface area contributed by atoms with Gasteiger partial charge in [-0.25, -0.2) is 9.29 Å². The Kier molecular flexibility index (Phi) is 5.83. The molecule has 1 heterocycles. The number of carbonyl (C=O) groups excluding carboxylic acids is 2. The Labute approximate surface area is 188 Å². The molecule has 3 aromatic carbocycles. The second-order valence-electron chi connectivity index (χ2n) is 6.87. The zero-order valence-electron chi connectivity index (χ0n) is 17.2. The molecule has 0 atom stereocenters. The standard InChI is InChI=1S/C24H18ClFN2O4/c1-31-18-5-3-4-17(13-18)28-23(29)21(14-6-9-16(26)10-7-14)22(24(28)30)27-19-12-15(25)8-11-20(19)32-2/h3-13,27H,1-2H3. The average Bonchev–Trinajstić information content (AvgIpc) is 3.04. The lowest BCUT2D eigenvalue weighted by atomic mass is 10.0. The van der Waals surface area contributed by atoms with Gasteiger partial charge in [-0.05, 0) is 48.0 Å². The van der Waals surface area contributed by atoms with Crippen LogP contribution in [0.3, 0.4) is 0 Å². The van der Waals surface area contributed by atoms with Crippen LogP contribution in [0.1, 0.15) is 5.56 Å². The van der Waals surface area contributed by atoms with Crippen LogP contribution < -0.4 is 19.7 Å². The lowest BCUT2D eigenvalue weighted by molar-refractivity contribution is -0.120. The highest BCUT2D eigenvalue weighted by atomic mass is 35.5. The molecule has 0 spiro atoms. The minimum absolute atomic E-state index is 0.0185. The van der Waals surface area contributed by atoms with E-state index in [9.17, 15) is 14.0 Å². The maximum absolute atomic E-state index is 13.5. The summed E-state index contributed by atoms with van der Waals surface area (Å²) in [6, 6.07) is 16.8. The molecule has 2 amide bonds. The molecule has 6 nitrogen and oxygen atoms in total. The second-order valence-corrected chi connectivity index (χ2v) is 7.31. The van der Waals surface area contributed by atoms with Crippen molar-refractivity contribution in [1.29, 1.82) is 0 Å². The number of amides is 2. The minimum atomic E-state index is -0.579. The molecule has 0 aromatic heterocycles. The number of methoxy groups -OCH3 is 2. The zero-order chi connectivity index (χ0) is 22.8. The molecule has 1 aliphatic heterocycles. The van der Waals surface area contributed by atoms with Crippen LogP contribution in [0.25, 0.3) is 5.57 Å². The van der Waals surface area contributed by atoms with Gasteiger partial charge in [-0.2, -0.15) is 0 Å². The van der Waals surface area contributed by atoms with E-state index >= 15 is 0 Å². The Bertz CT molecular complexity index is 1240. The van der Waals surface area contributed by atoms with Crippen LogP contribution in [0.15, 0.2) is 72.4 Å². The monoisotopic (exact) mass is 452 g/mol. The molecule has 0 saturated heterocycles. The fraction of sp³-hybridized carbons (Fsp3) is 0.0833. The second kappa shape index (κ2) is 8.72. The predicted molar refractivity (Wildman–Crippen MR) is 120 cm³/mol. The van der Waals surface area contributed by atoms with Crippen molar-refractivity contribution < 1.29 is 23.5 Å². The molecule has 1 N–H and O–H groups in total. The number of benzene rings is 3. The number of hydrogen-bond acceptors (Lipinski definition) is 5. The fourth-order valence-corrected chi connectivity index (χ4v) is 3.60. The molecular weight excluding hydrogens is 435 g/mol. The van der Waals surface area contributed by atoms with Crippen molar-refractivity contribution in [2.24, 2.45) is 0 Å². The van der Waals surface area contributed by atoms with Crippen LogP contribution in [0, 0.1) is 5.82 Å². The molecule has 3 aromatic rings. The quantitative estimate of drug-likeness (QED) is 0.539. The summed E-state index contributed by atoms with van der Waals surface area (Å²) >= 11 is 6.12. The summed E-state index contributed by atoms with van der Waals surface area (Å²) in [6.07, 6.45) is 0. The van der Waals surface area contributed by atoms with Crippen molar-refractivity contribution >= 4 is 40.4 Å². The molecule has 1 aliphatic rings. The first kappa shape index (κ1) is 21.4. The van der Waals surface area contributed by atoms with E-state index in [0.717, 1.165) is 4.90 Å². The van der Waals surface area contributed by atoms with E-state index in [1.54, 1.807) is 42.5 Å². The summed E-state index contributed by atoms with van der Waals surface area (Å²) in [4.78, 5) is 27.9. The molecule has 32 heavy (non-hydrogen) atoms. The Balaban J connectivity index is 1.85. The number of nitrogens with one attached hydrogen (secondary N) is 1. The number of rotatable bonds is 6. The molecule has 0 saturated carbocycles. The van der Waals surface area contributed by atoms with Crippen molar-refractivity contribution in [1.82, 2.24) is 0 Å². The Morgan fingerprint density at radius 2 is 1.66 bits per heavy atom. The molecule has 0 radical (unpaired) electrons. The van der Waals surface area contributed by atoms with Gasteiger partial charge in [0.15, 0.2) is 0 Å². The molecular formula is C24H18ClFN2O4. The van der Waals surface area contributed by atoms with Gasteiger partial charge in [0, 0.05) is 11.1 Å². The third-order valence-corrected chi connectivity index (χ3v) is 5.18. The van der Waals surface area contributed by atoms with Crippen LogP contribution >= 0.6 is 11.6 Å². The first-order valence-corrected chi connectivity index (χ1v) is 9.94. The normalized spacial score (nSPS) is 13.6. The van der Waals surface area contributed by atoms with Gasteiger partial charge >= 0.3 is 0 Å². The van der Waals surface area contributed by atoms with E-state index in [2.05, 4.69) is 5.32 Å². The molecule has 0 aliphatic carbocycles. The molecule has 4 rings (SSSR count). The van der Waals surface area contributed by atoms with Crippen LogP contribution in [-0.4, -0.2) is 26.0 Å². The fourth-order valence-electron chi connectivity index (χ4n) is 3.43. The highest BCUT2D eigenvalue weighted by molar-refractivity contribution is 6.46. The summed E-state index contributed by atoms with van der Waals surface area (Å²) in [5.74, 6) is -0.672. The maximum Gasteiger partial charge on any atom is 0.282 e. The van der Waals surface area contributed by atoms with Crippen molar-refractivity contribution in [2.75, 3.05) is 24.4 Å². The minimum Gasteiger partial charge on any atom is -0.497 e. The van der Waals surface area contributed by atoms with Crippen LogP contribution in [-0.2, 0) is 9.59 Å². The van der Waals surface area contributed by atoms with Crippen LogP contribution in [0.2, 0.25) is 5.02 Å². The van der Waals surface area contributed by atoms with Gasteiger partial charge in [-0.3, -0.25) is 9.59 Å². The lowest BCUT2D eigenvalue weighted by Gasteiger charge is -2.16. The third-order valence-electron chi connectivity index (χ3n) is 4.95. The first-order chi connectivity index (χ1) is 15.4. The van der Waals surface area contributed by atoms with E-state index in [1.165, 1.54) is 38.5 Å². The predicted octanol–water partition coefficient (Wildman–Crippen LogP) is 4.89. The summed E-state index contributed by atoms with van der Waals surface area (Å²) < 4.78 is 24.1. The SMILES string of the molecule is COc1cccc(N2C(=O)C(Nc3cc(Cl)ccc3OC)=C(c3ccc(F)cc3)C2=O)c1. The van der Waals surface area contributed by atoms with Crippen molar-refractivity contribution in [2.45, 2.75) is 0 Å². The molecule has 0 unspecified atom stereocenters. The Morgan fingerprint density at radius 1 is 0.906 bits per heavy atom. The number of hydrogen-bond donors (Lipinski definition) is 1. The molecule has 0 bridgehead atoms. The Morgan fingerprint density at radius 3 is 2.34 bits per heavy atom. The maximum atomic E-state index is 13.5. The van der Waals surface area contributed by atoms with Gasteiger partial charge < -0.3 is 14.8 Å². The van der Waals surface area contributed by atoms with E-state index in [-0.39, 0.29) is 11.3 Å². The van der Waals surface area contributed by atoms with Gasteiger partial charge in [-0.15, -0.1) is 0 Å². The van der Waals surface area contributed by atoms with E-state index in [0.29, 0.717) is 33.5 Å². The molecule has 8 heteroatoms. The number of imide groups is 1. The number of halogens is 2. The van der Waals surface area contributed by atoms with Crippen LogP contribution in [0.5, 0.6) is 11.5 Å². The van der Waals surface area contributed by atoms with E-state index < -0.39 is 17.6 Å². The van der Waals surface area contributed by atoms with Crippen molar-refractivity contribution in [3.8, 4) is 11.5 Å². The van der Waals surface area contributed by atoms with Gasteiger partial charge in [0.25, 0.3) is 11.8 Å². The van der Waals surface area contributed by atoms with E-state index in [1.807, 2.05) is 0 Å².